The predicted octanol–water partition coefficient (Wildman–Crippen LogP) is 5.23. The van der Waals surface area contributed by atoms with Gasteiger partial charge in [-0.25, -0.2) is 13.5 Å². The second kappa shape index (κ2) is 10.2. The monoisotopic (exact) mass is 582 g/mol. The molecule has 3 atom stereocenters. The third-order valence-corrected chi connectivity index (χ3v) is 9.65. The van der Waals surface area contributed by atoms with Crippen molar-refractivity contribution in [2.24, 2.45) is 5.73 Å². The van der Waals surface area contributed by atoms with Gasteiger partial charge in [0.1, 0.15) is 23.2 Å². The van der Waals surface area contributed by atoms with Crippen LogP contribution < -0.4 is 5.73 Å². The number of carbonyl (C=O) groups excluding carboxylic acids is 1. The Morgan fingerprint density at radius 1 is 1.09 bits per heavy atom. The van der Waals surface area contributed by atoms with Crippen molar-refractivity contribution in [1.29, 1.82) is 5.26 Å². The van der Waals surface area contributed by atoms with Crippen LogP contribution in [0.2, 0.25) is 0 Å². The van der Waals surface area contributed by atoms with Crippen LogP contribution in [-0.2, 0) is 6.54 Å². The molecular formula is C33H32F2N6O2. The van der Waals surface area contributed by atoms with Crippen LogP contribution in [-0.4, -0.2) is 54.6 Å². The van der Waals surface area contributed by atoms with Crippen LogP contribution >= 0.6 is 0 Å². The van der Waals surface area contributed by atoms with E-state index in [1.54, 1.807) is 41.9 Å². The molecule has 1 unspecified atom stereocenters. The topological polar surface area (TPSA) is 121 Å². The molecule has 3 fully saturated rings. The minimum atomic E-state index is -0.865. The highest BCUT2D eigenvalue weighted by Gasteiger charge is 2.42. The third-order valence-electron chi connectivity index (χ3n) is 9.65. The molecule has 3 aromatic carbocycles. The van der Waals surface area contributed by atoms with Crippen molar-refractivity contribution in [2.45, 2.75) is 82.1 Å². The maximum absolute atomic E-state index is 16.3. The van der Waals surface area contributed by atoms with Gasteiger partial charge < -0.3 is 15.7 Å². The number of carbonyl (C=O) groups is 1. The number of piperidine rings is 1. The van der Waals surface area contributed by atoms with Crippen LogP contribution in [0.15, 0.2) is 42.5 Å². The summed E-state index contributed by atoms with van der Waals surface area (Å²) in [6.07, 6.45) is 5.61. The van der Waals surface area contributed by atoms with E-state index in [0.717, 1.165) is 32.1 Å². The summed E-state index contributed by atoms with van der Waals surface area (Å²) in [7, 11) is 0. The number of nitrogens with two attached hydrogens (primary N) is 1. The van der Waals surface area contributed by atoms with Crippen molar-refractivity contribution in [1.82, 2.24) is 19.9 Å². The van der Waals surface area contributed by atoms with Crippen LogP contribution in [0.25, 0.3) is 33.3 Å². The number of amides is 1. The lowest BCUT2D eigenvalue weighted by atomic mass is 9.80. The SMILES string of the molecule is Cc1c(F)c(-c2ccc(C(=O)N3[C@@H]4CC[C@H]3CC(N)C4)cc2-c2ccc(C#N)c(F)c2)cc2nnn(CC3(O)CCC3)c12. The highest BCUT2D eigenvalue weighted by molar-refractivity contribution is 5.99. The van der Waals surface area contributed by atoms with E-state index in [9.17, 15) is 19.6 Å². The fourth-order valence-corrected chi connectivity index (χ4v) is 7.27. The Kier molecular flexibility index (Phi) is 6.56. The van der Waals surface area contributed by atoms with Gasteiger partial charge in [-0.2, -0.15) is 5.26 Å². The van der Waals surface area contributed by atoms with Gasteiger partial charge in [0.15, 0.2) is 0 Å². The first kappa shape index (κ1) is 27.6. The first-order valence-corrected chi connectivity index (χ1v) is 14.8. The number of hydrogen-bond acceptors (Lipinski definition) is 6. The van der Waals surface area contributed by atoms with E-state index in [-0.39, 0.29) is 41.7 Å². The Labute approximate surface area is 247 Å². The average Bonchev–Trinajstić information content (AvgIpc) is 3.50. The molecule has 4 aromatic rings. The lowest BCUT2D eigenvalue weighted by Gasteiger charge is -2.38. The number of rotatable bonds is 5. The summed E-state index contributed by atoms with van der Waals surface area (Å²) in [6, 6.07) is 13.0. The van der Waals surface area contributed by atoms with Gasteiger partial charge in [-0.05, 0) is 98.9 Å². The Bertz CT molecular complexity index is 1810. The van der Waals surface area contributed by atoms with Gasteiger partial charge in [0.2, 0.25) is 0 Å². The van der Waals surface area contributed by atoms with Crippen LogP contribution in [0.5, 0.6) is 0 Å². The second-order valence-corrected chi connectivity index (χ2v) is 12.5. The molecule has 2 aliphatic heterocycles. The quantitative estimate of drug-likeness (QED) is 0.332. The average molecular weight is 583 g/mol. The molecule has 43 heavy (non-hydrogen) atoms. The highest BCUT2D eigenvalue weighted by atomic mass is 19.1. The Balaban J connectivity index is 1.35. The summed E-state index contributed by atoms with van der Waals surface area (Å²) in [5.74, 6) is -1.31. The Morgan fingerprint density at radius 3 is 2.49 bits per heavy atom. The Morgan fingerprint density at radius 2 is 1.84 bits per heavy atom. The van der Waals surface area contributed by atoms with Gasteiger partial charge in [-0.15, -0.1) is 5.10 Å². The lowest BCUT2D eigenvalue weighted by molar-refractivity contribution is -0.0492. The summed E-state index contributed by atoms with van der Waals surface area (Å²) in [4.78, 5) is 15.8. The zero-order chi connectivity index (χ0) is 30.0. The second-order valence-electron chi connectivity index (χ2n) is 12.5. The minimum Gasteiger partial charge on any atom is -0.388 e. The minimum absolute atomic E-state index is 0.0804. The molecule has 1 saturated carbocycles. The number of hydrogen-bond donors (Lipinski definition) is 2. The van der Waals surface area contributed by atoms with Crippen molar-refractivity contribution in [3.8, 4) is 28.3 Å². The van der Waals surface area contributed by atoms with E-state index < -0.39 is 17.2 Å². The smallest absolute Gasteiger partial charge is 0.254 e. The molecule has 3 aliphatic rings. The number of fused-ring (bicyclic) bond motifs is 3. The van der Waals surface area contributed by atoms with E-state index >= 15 is 4.39 Å². The molecule has 2 bridgehead atoms. The van der Waals surface area contributed by atoms with Crippen LogP contribution in [0.3, 0.4) is 0 Å². The summed E-state index contributed by atoms with van der Waals surface area (Å²) in [6.45, 7) is 1.89. The largest absolute Gasteiger partial charge is 0.388 e. The van der Waals surface area contributed by atoms with E-state index in [0.29, 0.717) is 51.7 Å². The molecule has 10 heteroatoms. The maximum atomic E-state index is 16.3. The number of aromatic nitrogens is 3. The summed E-state index contributed by atoms with van der Waals surface area (Å²) in [5.41, 5.74) is 8.57. The molecule has 2 saturated heterocycles. The number of aryl methyl sites for hydroxylation is 1. The van der Waals surface area contributed by atoms with Crippen molar-refractivity contribution in [3.63, 3.8) is 0 Å². The number of halogens is 2. The molecule has 7 rings (SSSR count). The Hall–Kier alpha value is -4.20. The van der Waals surface area contributed by atoms with Crippen LogP contribution in [0.4, 0.5) is 8.78 Å². The molecule has 0 spiro atoms. The molecule has 0 radical (unpaired) electrons. The first-order chi connectivity index (χ1) is 20.7. The van der Waals surface area contributed by atoms with Crippen LogP contribution in [0, 0.1) is 29.9 Å². The molecule has 3 heterocycles. The standard InChI is InChI=1S/C33H32F2N6O2/c1-18-30(35)27(15-29-31(18)40(39-38-29)17-33(43)9-2-10-33)25-8-5-20(11-26(25)19-3-4-21(16-36)28(34)12-19)32(42)41-23-6-7-24(41)14-22(37)13-23/h3-5,8,11-12,15,22-24,43H,2,6-7,9-10,13-14,17,37H2,1H3/t22?,23-,24+. The van der Waals surface area contributed by atoms with Crippen molar-refractivity contribution < 1.29 is 18.7 Å². The number of aliphatic hydroxyl groups is 1. The fraction of sp³-hybridized carbons (Fsp3) is 0.394. The third kappa shape index (κ3) is 4.58. The first-order valence-electron chi connectivity index (χ1n) is 14.8. The zero-order valence-corrected chi connectivity index (χ0v) is 23.9. The van der Waals surface area contributed by atoms with Crippen molar-refractivity contribution in [3.05, 3.63) is 70.8 Å². The van der Waals surface area contributed by atoms with Gasteiger partial charge in [0.25, 0.3) is 5.91 Å². The van der Waals surface area contributed by atoms with E-state index in [1.807, 2.05) is 11.0 Å². The molecule has 220 valence electrons. The predicted molar refractivity (Wildman–Crippen MR) is 157 cm³/mol. The normalized spacial score (nSPS) is 22.4. The highest BCUT2D eigenvalue weighted by Crippen LogP contribution is 2.41. The molecule has 3 N–H and O–H groups in total. The number of benzene rings is 3. The zero-order valence-electron chi connectivity index (χ0n) is 23.9. The molecule has 1 aliphatic carbocycles. The maximum Gasteiger partial charge on any atom is 0.254 e. The summed E-state index contributed by atoms with van der Waals surface area (Å²) < 4.78 is 32.7. The van der Waals surface area contributed by atoms with Gasteiger partial charge in [-0.3, -0.25) is 4.79 Å². The molecular weight excluding hydrogens is 550 g/mol. The van der Waals surface area contributed by atoms with Crippen molar-refractivity contribution in [2.75, 3.05) is 0 Å². The number of nitriles is 1. The summed E-state index contributed by atoms with van der Waals surface area (Å²) in [5, 5.41) is 28.5. The van der Waals surface area contributed by atoms with Gasteiger partial charge >= 0.3 is 0 Å². The molecule has 1 aromatic heterocycles. The van der Waals surface area contributed by atoms with Gasteiger partial charge in [-0.1, -0.05) is 17.3 Å². The van der Waals surface area contributed by atoms with E-state index in [1.165, 1.54) is 12.1 Å². The lowest BCUT2D eigenvalue weighted by Crippen LogP contribution is -2.50. The fourth-order valence-electron chi connectivity index (χ4n) is 7.27. The van der Waals surface area contributed by atoms with E-state index in [2.05, 4.69) is 10.3 Å². The van der Waals surface area contributed by atoms with Gasteiger partial charge in [0, 0.05) is 34.8 Å². The summed E-state index contributed by atoms with van der Waals surface area (Å²) >= 11 is 0. The molecule has 8 nitrogen and oxygen atoms in total. The molecule has 1 amide bonds. The van der Waals surface area contributed by atoms with Crippen LogP contribution in [0.1, 0.15) is 66.4 Å². The van der Waals surface area contributed by atoms with E-state index in [4.69, 9.17) is 5.73 Å². The van der Waals surface area contributed by atoms with Crippen molar-refractivity contribution >= 4 is 16.9 Å². The number of nitrogens with zero attached hydrogens (tertiary/aromatic N) is 5. The van der Waals surface area contributed by atoms with Gasteiger partial charge in [0.05, 0.1) is 23.2 Å².